The first-order valence-electron chi connectivity index (χ1n) is 5.33. The average molecular weight is 240 g/mol. The highest BCUT2D eigenvalue weighted by molar-refractivity contribution is 5.14. The third kappa shape index (κ3) is 1.40. The van der Waals surface area contributed by atoms with E-state index in [-0.39, 0.29) is 18.2 Å². The molecule has 0 radical (unpaired) electrons. The Kier molecular flexibility index (Phi) is 2.22. The zero-order chi connectivity index (χ0) is 12.2. The van der Waals surface area contributed by atoms with Crippen molar-refractivity contribution in [3.05, 3.63) is 22.1 Å². The van der Waals surface area contributed by atoms with Crippen LogP contribution in [0.25, 0.3) is 0 Å². The monoisotopic (exact) mass is 240 g/mol. The van der Waals surface area contributed by atoms with Crippen molar-refractivity contribution in [3.8, 4) is 6.01 Å². The van der Waals surface area contributed by atoms with Gasteiger partial charge in [-0.25, -0.2) is 9.55 Å². The van der Waals surface area contributed by atoms with Gasteiger partial charge in [-0.15, -0.1) is 0 Å². The third-order valence-corrected chi connectivity index (χ3v) is 3.04. The summed E-state index contributed by atoms with van der Waals surface area (Å²) in [5, 5.41) is 18.8. The molecule has 7 nitrogen and oxygen atoms in total. The predicted molar refractivity (Wildman–Crippen MR) is 54.7 cm³/mol. The number of nitrogens with zero attached hydrogens (tertiary/aromatic N) is 2. The van der Waals surface area contributed by atoms with Crippen LogP contribution in [-0.2, 0) is 4.74 Å². The number of fused-ring (bicyclic) bond motifs is 3. The Balaban J connectivity index is 2.05. The quantitative estimate of drug-likeness (QED) is 0.624. The van der Waals surface area contributed by atoms with Crippen LogP contribution in [0, 0.1) is 6.92 Å². The number of hydrogen-bond acceptors (Lipinski definition) is 6. The van der Waals surface area contributed by atoms with Crippen LogP contribution in [-0.4, -0.2) is 44.7 Å². The summed E-state index contributed by atoms with van der Waals surface area (Å²) >= 11 is 0. The first kappa shape index (κ1) is 10.7. The van der Waals surface area contributed by atoms with Crippen molar-refractivity contribution in [1.29, 1.82) is 0 Å². The lowest BCUT2D eigenvalue weighted by molar-refractivity contribution is -0.0443. The number of hydrogen-bond donors (Lipinski definition) is 2. The van der Waals surface area contributed by atoms with Crippen molar-refractivity contribution >= 4 is 0 Å². The summed E-state index contributed by atoms with van der Waals surface area (Å²) in [4.78, 5) is 15.9. The van der Waals surface area contributed by atoms with Crippen molar-refractivity contribution < 1.29 is 19.7 Å². The molecule has 1 saturated heterocycles. The SMILES string of the molecule is Cc1cc(=O)n2c(n1)O[C@@H]1[C@@H](O)[C@@H](CO)O[C@@H]12. The molecule has 1 fully saturated rings. The Morgan fingerprint density at radius 3 is 3.06 bits per heavy atom. The van der Waals surface area contributed by atoms with Gasteiger partial charge in [0.1, 0.15) is 12.2 Å². The van der Waals surface area contributed by atoms with Crippen LogP contribution in [0.15, 0.2) is 10.9 Å². The van der Waals surface area contributed by atoms with E-state index in [0.717, 1.165) is 0 Å². The summed E-state index contributed by atoms with van der Waals surface area (Å²) in [5.41, 5.74) is 0.264. The maximum absolute atomic E-state index is 11.8. The minimum Gasteiger partial charge on any atom is -0.453 e. The first-order valence-corrected chi connectivity index (χ1v) is 5.33. The van der Waals surface area contributed by atoms with Gasteiger partial charge in [-0.05, 0) is 6.92 Å². The second-order valence-electron chi connectivity index (χ2n) is 4.21. The van der Waals surface area contributed by atoms with E-state index in [1.54, 1.807) is 6.92 Å². The van der Waals surface area contributed by atoms with E-state index in [9.17, 15) is 9.90 Å². The second kappa shape index (κ2) is 3.52. The standard InChI is InChI=1S/C10H12N2O5/c1-4-2-6(14)12-9-8(17-10(12)11-4)7(15)5(3-13)16-9/h2,5,7-9,13,15H,3H2,1H3/t5-,7+,8-,9+/m1/s1. The van der Waals surface area contributed by atoms with Crippen LogP contribution in [0.5, 0.6) is 6.01 Å². The smallest absolute Gasteiger partial charge is 0.302 e. The predicted octanol–water partition coefficient (Wildman–Crippen LogP) is -1.44. The fraction of sp³-hybridized carbons (Fsp3) is 0.600. The number of aryl methyl sites for hydroxylation is 1. The molecule has 2 N–H and O–H groups in total. The summed E-state index contributed by atoms with van der Waals surface area (Å²) in [5.74, 6) is 0. The molecule has 0 amide bonds. The largest absolute Gasteiger partial charge is 0.453 e. The van der Waals surface area contributed by atoms with Crippen LogP contribution in [0.3, 0.4) is 0 Å². The van der Waals surface area contributed by atoms with Crippen LogP contribution in [0.2, 0.25) is 0 Å². The molecule has 17 heavy (non-hydrogen) atoms. The van der Waals surface area contributed by atoms with Gasteiger partial charge in [0.05, 0.1) is 6.61 Å². The molecule has 3 rings (SSSR count). The van der Waals surface area contributed by atoms with Crippen molar-refractivity contribution in [3.63, 3.8) is 0 Å². The van der Waals surface area contributed by atoms with E-state index in [1.807, 2.05) is 0 Å². The Hall–Kier alpha value is -1.44. The lowest BCUT2D eigenvalue weighted by Crippen LogP contribution is -2.34. The highest BCUT2D eigenvalue weighted by atomic mass is 16.6. The van der Waals surface area contributed by atoms with Gasteiger partial charge in [0.15, 0.2) is 12.3 Å². The maximum atomic E-state index is 11.8. The normalized spacial score (nSPS) is 34.3. The molecule has 2 aliphatic heterocycles. The molecule has 0 unspecified atom stereocenters. The number of rotatable bonds is 1. The highest BCUT2D eigenvalue weighted by Crippen LogP contribution is 2.37. The summed E-state index contributed by atoms with van der Waals surface area (Å²) in [7, 11) is 0. The number of aliphatic hydroxyl groups excluding tert-OH is 2. The second-order valence-corrected chi connectivity index (χ2v) is 4.21. The third-order valence-electron chi connectivity index (χ3n) is 3.04. The van der Waals surface area contributed by atoms with Gasteiger partial charge in [-0.1, -0.05) is 0 Å². The number of aromatic nitrogens is 2. The fourth-order valence-electron chi connectivity index (χ4n) is 2.22. The van der Waals surface area contributed by atoms with Crippen molar-refractivity contribution in [2.45, 2.75) is 31.5 Å². The van der Waals surface area contributed by atoms with Crippen LogP contribution in [0.1, 0.15) is 11.9 Å². The van der Waals surface area contributed by atoms with Crippen LogP contribution < -0.4 is 10.3 Å². The van der Waals surface area contributed by atoms with Gasteiger partial charge in [-0.2, -0.15) is 0 Å². The van der Waals surface area contributed by atoms with E-state index in [4.69, 9.17) is 14.6 Å². The zero-order valence-electron chi connectivity index (χ0n) is 9.11. The molecule has 4 atom stereocenters. The summed E-state index contributed by atoms with van der Waals surface area (Å²) < 4.78 is 12.1. The first-order chi connectivity index (χ1) is 8.11. The Labute approximate surface area is 96.2 Å². The van der Waals surface area contributed by atoms with Crippen molar-refractivity contribution in [1.82, 2.24) is 9.55 Å². The molecule has 0 saturated carbocycles. The topological polar surface area (TPSA) is 93.8 Å². The van der Waals surface area contributed by atoms with Crippen LogP contribution >= 0.6 is 0 Å². The molecular weight excluding hydrogens is 228 g/mol. The Morgan fingerprint density at radius 1 is 1.59 bits per heavy atom. The van der Waals surface area contributed by atoms with E-state index in [0.29, 0.717) is 5.69 Å². The maximum Gasteiger partial charge on any atom is 0.302 e. The van der Waals surface area contributed by atoms with E-state index >= 15 is 0 Å². The molecule has 7 heteroatoms. The summed E-state index contributed by atoms with van der Waals surface area (Å²) in [6, 6.07) is 1.53. The van der Waals surface area contributed by atoms with E-state index < -0.39 is 24.5 Å². The fourth-order valence-corrected chi connectivity index (χ4v) is 2.22. The van der Waals surface area contributed by atoms with E-state index in [2.05, 4.69) is 4.98 Å². The number of ether oxygens (including phenoxy) is 2. The lowest BCUT2D eigenvalue weighted by Gasteiger charge is -2.14. The molecule has 2 aliphatic rings. The molecule has 1 aromatic rings. The minimum absolute atomic E-state index is 0.153. The molecule has 0 aliphatic carbocycles. The van der Waals surface area contributed by atoms with Crippen molar-refractivity contribution in [2.24, 2.45) is 0 Å². The minimum atomic E-state index is -0.966. The molecule has 1 aromatic heterocycles. The van der Waals surface area contributed by atoms with Crippen LogP contribution in [0.4, 0.5) is 0 Å². The Morgan fingerprint density at radius 2 is 2.35 bits per heavy atom. The van der Waals surface area contributed by atoms with Gasteiger partial charge in [0.25, 0.3) is 5.56 Å². The summed E-state index contributed by atoms with van der Waals surface area (Å²) in [6.45, 7) is 1.37. The van der Waals surface area contributed by atoms with Gasteiger partial charge < -0.3 is 19.7 Å². The van der Waals surface area contributed by atoms with Gasteiger partial charge in [-0.3, -0.25) is 4.79 Å². The average Bonchev–Trinajstić information content (AvgIpc) is 2.75. The van der Waals surface area contributed by atoms with Crippen molar-refractivity contribution in [2.75, 3.05) is 6.61 Å². The van der Waals surface area contributed by atoms with Gasteiger partial charge >= 0.3 is 6.01 Å². The number of aliphatic hydroxyl groups is 2. The molecular formula is C10H12N2O5. The molecule has 92 valence electrons. The highest BCUT2D eigenvalue weighted by Gasteiger charge is 2.51. The molecule has 0 bridgehead atoms. The lowest BCUT2D eigenvalue weighted by atomic mass is 10.1. The van der Waals surface area contributed by atoms with Gasteiger partial charge in [0, 0.05) is 11.8 Å². The molecule has 0 aromatic carbocycles. The molecule has 0 spiro atoms. The van der Waals surface area contributed by atoms with E-state index in [1.165, 1.54) is 10.6 Å². The zero-order valence-corrected chi connectivity index (χ0v) is 9.11. The van der Waals surface area contributed by atoms with Gasteiger partial charge in [0.2, 0.25) is 0 Å². The Bertz CT molecular complexity index is 514. The molecule has 3 heterocycles. The summed E-state index contributed by atoms with van der Waals surface area (Å²) in [6.07, 6.45) is -3.09.